The summed E-state index contributed by atoms with van der Waals surface area (Å²) in [6, 6.07) is 86.4. The van der Waals surface area contributed by atoms with Gasteiger partial charge < -0.3 is 0 Å². The van der Waals surface area contributed by atoms with E-state index in [-0.39, 0.29) is 15.4 Å². The van der Waals surface area contributed by atoms with Crippen molar-refractivity contribution in [3.05, 3.63) is 243 Å². The van der Waals surface area contributed by atoms with Crippen molar-refractivity contribution in [3.8, 4) is 0 Å². The second-order valence-corrected chi connectivity index (χ2v) is 19.7. The summed E-state index contributed by atoms with van der Waals surface area (Å²) in [5.41, 5.74) is 0. The Balaban J connectivity index is 0.000000134. The van der Waals surface area contributed by atoms with Crippen molar-refractivity contribution in [2.24, 2.45) is 0 Å². The molecule has 0 spiro atoms. The first kappa shape index (κ1) is 35.6. The first-order chi connectivity index (χ1) is 25.3. The summed E-state index contributed by atoms with van der Waals surface area (Å²) in [5.74, 6) is 0. The molecule has 0 aromatic heterocycles. The Labute approximate surface area is 313 Å². The van der Waals surface area contributed by atoms with Gasteiger partial charge in [-0.05, 0) is 0 Å². The molecule has 0 aliphatic carbocycles. The van der Waals surface area contributed by atoms with E-state index in [1.165, 1.54) is 39.9 Å². The Hall–Kier alpha value is -5.26. The largest absolute Gasteiger partial charge is 0.154 e. The van der Waals surface area contributed by atoms with Crippen LogP contribution in [0.2, 0.25) is 0 Å². The van der Waals surface area contributed by atoms with Crippen molar-refractivity contribution in [1.29, 1.82) is 0 Å². The van der Waals surface area contributed by atoms with Gasteiger partial charge in [0.05, 0.1) is 0 Å². The SMILES string of the molecule is c1cc[c]([Ge][c]2ccccc2)cc1.c1ccc([Si](c2ccccc2)c2ccccc2)cc1.c1ccc([Si](c2ccccc2)c2ccccc2)cc1. The van der Waals surface area contributed by atoms with Crippen molar-refractivity contribution in [2.75, 3.05) is 0 Å². The number of benzene rings is 8. The van der Waals surface area contributed by atoms with Gasteiger partial charge in [-0.15, -0.1) is 0 Å². The molecule has 0 nitrogen and oxygen atoms in total. The first-order valence-electron chi connectivity index (χ1n) is 17.3. The van der Waals surface area contributed by atoms with Gasteiger partial charge >= 0.3 is 84.9 Å². The van der Waals surface area contributed by atoms with Crippen LogP contribution in [0.25, 0.3) is 0 Å². The van der Waals surface area contributed by atoms with Crippen molar-refractivity contribution in [2.45, 2.75) is 0 Å². The van der Waals surface area contributed by atoms with Crippen LogP contribution in [-0.4, -0.2) is 33.0 Å². The molecule has 0 aliphatic heterocycles. The van der Waals surface area contributed by atoms with E-state index < -0.39 is 17.6 Å². The van der Waals surface area contributed by atoms with Gasteiger partial charge in [0.15, 0.2) is 17.6 Å². The van der Waals surface area contributed by atoms with Crippen LogP contribution in [0.4, 0.5) is 0 Å². The number of hydrogen-bond donors (Lipinski definition) is 0. The molecule has 8 aromatic carbocycles. The number of hydrogen-bond acceptors (Lipinski definition) is 0. The zero-order valence-electron chi connectivity index (χ0n) is 28.6. The molecule has 0 bridgehead atoms. The van der Waals surface area contributed by atoms with Gasteiger partial charge in [0.1, 0.15) is 0 Å². The van der Waals surface area contributed by atoms with Crippen LogP contribution in [0.3, 0.4) is 0 Å². The molecule has 4 radical (unpaired) electrons. The molecule has 0 atom stereocenters. The second-order valence-electron chi connectivity index (χ2n) is 11.8. The predicted octanol–water partition coefficient (Wildman–Crippen LogP) is 5.75. The second kappa shape index (κ2) is 19.8. The normalized spacial score (nSPS) is 10.4. The minimum Gasteiger partial charge on any atom is -0.0624 e. The van der Waals surface area contributed by atoms with E-state index in [1.54, 1.807) is 0 Å². The monoisotopic (exact) mass is 746 g/mol. The van der Waals surface area contributed by atoms with E-state index in [0.717, 1.165) is 0 Å². The van der Waals surface area contributed by atoms with E-state index in [4.69, 9.17) is 0 Å². The maximum absolute atomic E-state index is 2.24. The molecule has 8 rings (SSSR count). The standard InChI is InChI=1S/2C18H15Si.C12H10Ge/c2*1-4-10-16(11-5-1)19(17-12-6-2-7-13-17)18-14-8-3-9-15-18;1-3-7-11(8-4-1)13-12-9-5-2-6-10-12/h2*1-15H;1-10H. The Morgan fingerprint density at radius 2 is 0.353 bits per heavy atom. The molecule has 0 unspecified atom stereocenters. The molecule has 0 aliphatic rings. The summed E-state index contributed by atoms with van der Waals surface area (Å²) in [4.78, 5) is 0. The summed E-state index contributed by atoms with van der Waals surface area (Å²) in [7, 11) is -1.75. The smallest absolute Gasteiger partial charge is 0.0624 e. The molecule has 0 amide bonds. The molecule has 3 heteroatoms. The molecular weight excluding hydrogens is 705 g/mol. The molecule has 0 saturated heterocycles. The Kier molecular flexibility index (Phi) is 13.8. The molecule has 0 saturated carbocycles. The van der Waals surface area contributed by atoms with Gasteiger partial charge in [-0.25, -0.2) is 0 Å². The van der Waals surface area contributed by atoms with Gasteiger partial charge in [0, 0.05) is 0 Å². The van der Waals surface area contributed by atoms with Crippen LogP contribution >= 0.6 is 0 Å². The van der Waals surface area contributed by atoms with E-state index in [1.807, 2.05) is 0 Å². The average Bonchev–Trinajstić information content (AvgIpc) is 3.22. The van der Waals surface area contributed by atoms with Gasteiger partial charge in [-0.2, -0.15) is 0 Å². The van der Waals surface area contributed by atoms with Gasteiger partial charge in [-0.3, -0.25) is 0 Å². The quantitative estimate of drug-likeness (QED) is 0.138. The van der Waals surface area contributed by atoms with Gasteiger partial charge in [-0.1, -0.05) is 213 Å². The Morgan fingerprint density at radius 3 is 0.529 bits per heavy atom. The van der Waals surface area contributed by atoms with Crippen LogP contribution in [-0.2, 0) is 0 Å². The number of rotatable bonds is 8. The Morgan fingerprint density at radius 1 is 0.196 bits per heavy atom. The van der Waals surface area contributed by atoms with E-state index in [2.05, 4.69) is 243 Å². The third kappa shape index (κ3) is 10.9. The minimum atomic E-state index is -0.877. The predicted molar refractivity (Wildman–Crippen MR) is 226 cm³/mol. The van der Waals surface area contributed by atoms with Crippen molar-refractivity contribution >= 4 is 72.9 Å². The molecule has 0 heterocycles. The summed E-state index contributed by atoms with van der Waals surface area (Å²) in [5, 5.41) is 8.61. The molecule has 0 N–H and O–H groups in total. The third-order valence-electron chi connectivity index (χ3n) is 8.21. The van der Waals surface area contributed by atoms with Crippen molar-refractivity contribution < 1.29 is 0 Å². The fraction of sp³-hybridized carbons (Fsp3) is 0. The fourth-order valence-electron chi connectivity index (χ4n) is 5.84. The van der Waals surface area contributed by atoms with Crippen LogP contribution < -0.4 is 39.9 Å². The molecule has 8 aromatic rings. The third-order valence-corrected chi connectivity index (χ3v) is 16.3. The van der Waals surface area contributed by atoms with Crippen LogP contribution in [0.15, 0.2) is 243 Å². The van der Waals surface area contributed by atoms with E-state index in [9.17, 15) is 0 Å². The zero-order chi connectivity index (χ0) is 34.8. The summed E-state index contributed by atoms with van der Waals surface area (Å²) < 4.78 is 2.99. The van der Waals surface area contributed by atoms with Crippen molar-refractivity contribution in [1.82, 2.24) is 0 Å². The van der Waals surface area contributed by atoms with E-state index >= 15 is 0 Å². The summed E-state index contributed by atoms with van der Waals surface area (Å²) >= 11 is -0.108. The van der Waals surface area contributed by atoms with Crippen molar-refractivity contribution in [3.63, 3.8) is 0 Å². The minimum absolute atomic E-state index is 0.108. The van der Waals surface area contributed by atoms with Gasteiger partial charge in [0.2, 0.25) is 0 Å². The fourth-order valence-corrected chi connectivity index (χ4v) is 13.2. The summed E-state index contributed by atoms with van der Waals surface area (Å²) in [6.45, 7) is 0. The maximum atomic E-state index is 2.24. The maximum Gasteiger partial charge on any atom is 0.154 e. The molecular formula is C48H40GeSi2. The van der Waals surface area contributed by atoms with Crippen LogP contribution in [0.5, 0.6) is 0 Å². The summed E-state index contributed by atoms with van der Waals surface area (Å²) in [6.07, 6.45) is 0. The topological polar surface area (TPSA) is 0 Å². The molecule has 0 fully saturated rings. The Bertz CT molecular complexity index is 1740. The van der Waals surface area contributed by atoms with Crippen LogP contribution in [0.1, 0.15) is 0 Å². The van der Waals surface area contributed by atoms with E-state index in [0.29, 0.717) is 0 Å². The van der Waals surface area contributed by atoms with Gasteiger partial charge in [0.25, 0.3) is 0 Å². The average molecular weight is 746 g/mol. The zero-order valence-corrected chi connectivity index (χ0v) is 32.7. The molecule has 244 valence electrons. The first-order valence-corrected chi connectivity index (χ1v) is 22.4. The van der Waals surface area contributed by atoms with Crippen LogP contribution in [0, 0.1) is 0 Å². The molecule has 51 heavy (non-hydrogen) atoms.